The molecule has 20 heavy (non-hydrogen) atoms. The van der Waals surface area contributed by atoms with Crippen molar-refractivity contribution >= 4 is 0 Å². The standard InChI is InChI=1S/C19H34O/c1-2-3-4-5-6-7-8-9-10-11-12-13-14-15-16-17-18-19-20/h3-4,6-7,9-10,20H,2,5,8,11-19H2,1H3/b4-3-,7-6-,10-9-. The van der Waals surface area contributed by atoms with Crippen LogP contribution in [0.3, 0.4) is 0 Å². The second kappa shape index (κ2) is 18.2. The molecule has 0 aromatic carbocycles. The van der Waals surface area contributed by atoms with Crippen molar-refractivity contribution in [2.24, 2.45) is 0 Å². The maximum Gasteiger partial charge on any atom is 0.0431 e. The molecule has 1 nitrogen and oxygen atoms in total. The van der Waals surface area contributed by atoms with Crippen LogP contribution in [0.5, 0.6) is 0 Å². The average molecular weight is 278 g/mol. The molecule has 1 heteroatoms. The summed E-state index contributed by atoms with van der Waals surface area (Å²) < 4.78 is 0. The monoisotopic (exact) mass is 278 g/mol. The van der Waals surface area contributed by atoms with Gasteiger partial charge in [-0.1, -0.05) is 75.5 Å². The lowest BCUT2D eigenvalue weighted by molar-refractivity contribution is 0.282. The molecule has 0 amide bonds. The van der Waals surface area contributed by atoms with Crippen molar-refractivity contribution in [3.63, 3.8) is 0 Å². The second-order valence-electron chi connectivity index (χ2n) is 5.28. The Morgan fingerprint density at radius 3 is 1.70 bits per heavy atom. The van der Waals surface area contributed by atoms with Crippen LogP contribution in [0, 0.1) is 0 Å². The Bertz CT molecular complexity index is 250. The van der Waals surface area contributed by atoms with Crippen LogP contribution >= 0.6 is 0 Å². The number of allylic oxidation sites excluding steroid dienone is 6. The van der Waals surface area contributed by atoms with E-state index < -0.39 is 0 Å². The lowest BCUT2D eigenvalue weighted by Gasteiger charge is -1.99. The molecule has 0 aromatic heterocycles. The first-order valence-corrected chi connectivity index (χ1v) is 8.47. The SMILES string of the molecule is CC/C=C\C/C=C\C/C=C\CCCCCCCCCO. The van der Waals surface area contributed by atoms with Crippen LogP contribution in [-0.4, -0.2) is 11.7 Å². The first-order valence-electron chi connectivity index (χ1n) is 8.47. The van der Waals surface area contributed by atoms with Crippen molar-refractivity contribution < 1.29 is 5.11 Å². The van der Waals surface area contributed by atoms with E-state index in [1.165, 1.54) is 44.9 Å². The average Bonchev–Trinajstić information content (AvgIpc) is 2.47. The third-order valence-electron chi connectivity index (χ3n) is 3.31. The van der Waals surface area contributed by atoms with Crippen LogP contribution < -0.4 is 0 Å². The molecular formula is C19H34O. The number of unbranched alkanes of at least 4 members (excludes halogenated alkanes) is 7. The zero-order chi connectivity index (χ0) is 14.7. The number of aliphatic hydroxyl groups excluding tert-OH is 1. The summed E-state index contributed by atoms with van der Waals surface area (Å²) in [5, 5.41) is 8.67. The zero-order valence-corrected chi connectivity index (χ0v) is 13.4. The fourth-order valence-corrected chi connectivity index (χ4v) is 2.08. The van der Waals surface area contributed by atoms with E-state index in [1.807, 2.05) is 0 Å². The third-order valence-corrected chi connectivity index (χ3v) is 3.31. The molecule has 0 rings (SSSR count). The van der Waals surface area contributed by atoms with Crippen molar-refractivity contribution in [2.45, 2.75) is 77.6 Å². The predicted molar refractivity (Wildman–Crippen MR) is 91.0 cm³/mol. The minimum atomic E-state index is 0.355. The van der Waals surface area contributed by atoms with E-state index in [2.05, 4.69) is 43.4 Å². The number of hydrogen-bond acceptors (Lipinski definition) is 1. The van der Waals surface area contributed by atoms with E-state index in [0.717, 1.165) is 25.7 Å². The number of rotatable bonds is 14. The van der Waals surface area contributed by atoms with Gasteiger partial charge in [0.2, 0.25) is 0 Å². The van der Waals surface area contributed by atoms with Gasteiger partial charge in [0, 0.05) is 6.61 Å². The van der Waals surface area contributed by atoms with Crippen LogP contribution in [0.2, 0.25) is 0 Å². The first-order chi connectivity index (χ1) is 9.91. The minimum Gasteiger partial charge on any atom is -0.396 e. The molecule has 0 atom stereocenters. The smallest absolute Gasteiger partial charge is 0.0431 e. The summed E-state index contributed by atoms with van der Waals surface area (Å²) in [6.07, 6.45) is 26.8. The van der Waals surface area contributed by atoms with Gasteiger partial charge in [0.15, 0.2) is 0 Å². The first kappa shape index (κ1) is 19.2. The number of aliphatic hydroxyl groups is 1. The van der Waals surface area contributed by atoms with Gasteiger partial charge in [0.25, 0.3) is 0 Å². The van der Waals surface area contributed by atoms with E-state index in [0.29, 0.717) is 6.61 Å². The highest BCUT2D eigenvalue weighted by Crippen LogP contribution is 2.08. The van der Waals surface area contributed by atoms with E-state index in [-0.39, 0.29) is 0 Å². The summed E-state index contributed by atoms with van der Waals surface area (Å²) in [5.74, 6) is 0. The molecule has 0 bridgehead atoms. The highest BCUT2D eigenvalue weighted by molar-refractivity contribution is 4.96. The molecule has 0 heterocycles. The normalized spacial score (nSPS) is 12.3. The molecule has 0 saturated carbocycles. The Labute approximate surface area is 126 Å². The second-order valence-corrected chi connectivity index (χ2v) is 5.28. The Kier molecular flexibility index (Phi) is 17.4. The highest BCUT2D eigenvalue weighted by atomic mass is 16.2. The van der Waals surface area contributed by atoms with Gasteiger partial charge in [-0.15, -0.1) is 0 Å². The Hall–Kier alpha value is -0.820. The molecule has 0 aliphatic rings. The molecule has 0 unspecified atom stereocenters. The summed E-state index contributed by atoms with van der Waals surface area (Å²) in [7, 11) is 0. The Morgan fingerprint density at radius 2 is 1.10 bits per heavy atom. The lowest BCUT2D eigenvalue weighted by atomic mass is 10.1. The van der Waals surface area contributed by atoms with Gasteiger partial charge in [-0.2, -0.15) is 0 Å². The summed E-state index contributed by atoms with van der Waals surface area (Å²) in [4.78, 5) is 0. The predicted octanol–water partition coefficient (Wildman–Crippen LogP) is 5.96. The maximum absolute atomic E-state index is 8.67. The molecule has 0 aliphatic heterocycles. The van der Waals surface area contributed by atoms with Crippen LogP contribution in [-0.2, 0) is 0 Å². The van der Waals surface area contributed by atoms with E-state index in [1.54, 1.807) is 0 Å². The summed E-state index contributed by atoms with van der Waals surface area (Å²) in [6.45, 7) is 2.52. The van der Waals surface area contributed by atoms with Crippen LogP contribution in [0.1, 0.15) is 77.6 Å². The van der Waals surface area contributed by atoms with Gasteiger partial charge in [0.05, 0.1) is 0 Å². The van der Waals surface area contributed by atoms with Crippen molar-refractivity contribution in [3.05, 3.63) is 36.5 Å². The summed E-state index contributed by atoms with van der Waals surface area (Å²) in [6, 6.07) is 0. The highest BCUT2D eigenvalue weighted by Gasteiger charge is 1.90. The quantitative estimate of drug-likeness (QED) is 0.307. The maximum atomic E-state index is 8.67. The third kappa shape index (κ3) is 17.2. The molecule has 0 aliphatic carbocycles. The molecule has 0 saturated heterocycles. The van der Waals surface area contributed by atoms with E-state index in [9.17, 15) is 0 Å². The zero-order valence-electron chi connectivity index (χ0n) is 13.4. The molecule has 0 radical (unpaired) electrons. The van der Waals surface area contributed by atoms with Gasteiger partial charge in [0.1, 0.15) is 0 Å². The van der Waals surface area contributed by atoms with Crippen molar-refractivity contribution in [2.75, 3.05) is 6.61 Å². The molecule has 0 spiro atoms. The van der Waals surface area contributed by atoms with Crippen LogP contribution in [0.15, 0.2) is 36.5 Å². The van der Waals surface area contributed by atoms with Gasteiger partial charge in [-0.25, -0.2) is 0 Å². The topological polar surface area (TPSA) is 20.2 Å². The van der Waals surface area contributed by atoms with Crippen molar-refractivity contribution in [3.8, 4) is 0 Å². The minimum absolute atomic E-state index is 0.355. The van der Waals surface area contributed by atoms with Gasteiger partial charge >= 0.3 is 0 Å². The van der Waals surface area contributed by atoms with E-state index in [4.69, 9.17) is 5.11 Å². The van der Waals surface area contributed by atoms with Crippen LogP contribution in [0.25, 0.3) is 0 Å². The van der Waals surface area contributed by atoms with Gasteiger partial charge < -0.3 is 5.11 Å². The van der Waals surface area contributed by atoms with Crippen molar-refractivity contribution in [1.29, 1.82) is 0 Å². The molecule has 0 fully saturated rings. The lowest BCUT2D eigenvalue weighted by Crippen LogP contribution is -1.83. The van der Waals surface area contributed by atoms with Crippen molar-refractivity contribution in [1.82, 2.24) is 0 Å². The molecular weight excluding hydrogens is 244 g/mol. The summed E-state index contributed by atoms with van der Waals surface area (Å²) in [5.41, 5.74) is 0. The fourth-order valence-electron chi connectivity index (χ4n) is 2.08. The molecule has 0 aromatic rings. The largest absolute Gasteiger partial charge is 0.396 e. The molecule has 1 N–H and O–H groups in total. The summed E-state index contributed by atoms with van der Waals surface area (Å²) >= 11 is 0. The van der Waals surface area contributed by atoms with Gasteiger partial charge in [-0.05, 0) is 38.5 Å². The van der Waals surface area contributed by atoms with E-state index >= 15 is 0 Å². The Morgan fingerprint density at radius 1 is 0.600 bits per heavy atom. The number of hydrogen-bond donors (Lipinski definition) is 1. The Balaban J connectivity index is 3.17. The van der Waals surface area contributed by atoms with Gasteiger partial charge in [-0.3, -0.25) is 0 Å². The fraction of sp³-hybridized carbons (Fsp3) is 0.684. The van der Waals surface area contributed by atoms with Crippen LogP contribution in [0.4, 0.5) is 0 Å². The molecule has 116 valence electrons.